The Labute approximate surface area is 129 Å². The smallest absolute Gasteiger partial charge is 0.321 e. The van der Waals surface area contributed by atoms with E-state index >= 15 is 0 Å². The summed E-state index contributed by atoms with van der Waals surface area (Å²) in [6, 6.07) is 4.82. The van der Waals surface area contributed by atoms with Gasteiger partial charge in [0.05, 0.1) is 5.75 Å². The maximum absolute atomic E-state index is 12.0. The van der Waals surface area contributed by atoms with Crippen LogP contribution in [0.15, 0.2) is 18.2 Å². The lowest BCUT2D eigenvalue weighted by Gasteiger charge is -2.27. The first kappa shape index (κ1) is 17.5. The lowest BCUT2D eigenvalue weighted by molar-refractivity contribution is -0.139. The molecule has 4 N–H and O–H groups in total. The van der Waals surface area contributed by atoms with E-state index in [0.29, 0.717) is 0 Å². The van der Waals surface area contributed by atoms with Gasteiger partial charge in [0.1, 0.15) is 6.04 Å². The van der Waals surface area contributed by atoms with Crippen LogP contribution in [0, 0.1) is 13.8 Å². The van der Waals surface area contributed by atoms with E-state index in [1.165, 1.54) is 11.8 Å². The first-order chi connectivity index (χ1) is 9.63. The second-order valence-electron chi connectivity index (χ2n) is 5.57. The van der Waals surface area contributed by atoms with Crippen molar-refractivity contribution in [2.75, 3.05) is 11.1 Å². The standard InChI is InChI=1S/C15H22N2O3S/c1-9-5-6-10(2)11(7-9)17-12(18)8-21-15(3,4)13(16)14(19)20/h5-7,13H,8,16H2,1-4H3,(H,17,18)(H,19,20)/t13-/m1/s1. The number of rotatable bonds is 6. The number of carbonyl (C=O) groups excluding carboxylic acids is 1. The first-order valence-electron chi connectivity index (χ1n) is 6.63. The van der Waals surface area contributed by atoms with Crippen molar-refractivity contribution in [1.82, 2.24) is 0 Å². The Morgan fingerprint density at radius 1 is 1.38 bits per heavy atom. The number of anilines is 1. The molecule has 0 aliphatic rings. The minimum atomic E-state index is -1.07. The predicted molar refractivity (Wildman–Crippen MR) is 86.7 cm³/mol. The molecule has 116 valence electrons. The summed E-state index contributed by atoms with van der Waals surface area (Å²) in [5.41, 5.74) is 8.46. The van der Waals surface area contributed by atoms with E-state index in [-0.39, 0.29) is 11.7 Å². The van der Waals surface area contributed by atoms with Gasteiger partial charge in [0.25, 0.3) is 0 Å². The molecule has 1 amide bonds. The van der Waals surface area contributed by atoms with Crippen LogP contribution < -0.4 is 11.1 Å². The van der Waals surface area contributed by atoms with Gasteiger partial charge in [-0.25, -0.2) is 0 Å². The molecule has 0 unspecified atom stereocenters. The van der Waals surface area contributed by atoms with E-state index < -0.39 is 16.8 Å². The van der Waals surface area contributed by atoms with Crippen molar-refractivity contribution in [2.45, 2.75) is 38.5 Å². The third-order valence-corrected chi connectivity index (χ3v) is 4.66. The van der Waals surface area contributed by atoms with Crippen LogP contribution in [-0.4, -0.2) is 33.5 Å². The number of thioether (sulfide) groups is 1. The number of carboxylic acid groups (broad SMARTS) is 1. The first-order valence-corrected chi connectivity index (χ1v) is 7.61. The number of carboxylic acids is 1. The quantitative estimate of drug-likeness (QED) is 0.749. The van der Waals surface area contributed by atoms with E-state index in [4.69, 9.17) is 10.8 Å². The van der Waals surface area contributed by atoms with Crippen LogP contribution in [0.5, 0.6) is 0 Å². The molecular weight excluding hydrogens is 288 g/mol. The number of nitrogens with two attached hydrogens (primary N) is 1. The fourth-order valence-electron chi connectivity index (χ4n) is 1.70. The Hall–Kier alpha value is -1.53. The Morgan fingerprint density at radius 2 is 2.00 bits per heavy atom. The summed E-state index contributed by atoms with van der Waals surface area (Å²) < 4.78 is -0.717. The number of aliphatic carboxylic acids is 1. The van der Waals surface area contributed by atoms with Crippen LogP contribution in [-0.2, 0) is 9.59 Å². The van der Waals surface area contributed by atoms with Gasteiger partial charge in [-0.2, -0.15) is 0 Å². The van der Waals surface area contributed by atoms with Crippen LogP contribution in [0.25, 0.3) is 0 Å². The highest BCUT2D eigenvalue weighted by Crippen LogP contribution is 2.27. The van der Waals surface area contributed by atoms with Crippen molar-refractivity contribution in [3.63, 3.8) is 0 Å². The van der Waals surface area contributed by atoms with Gasteiger partial charge in [-0.1, -0.05) is 12.1 Å². The molecule has 0 aromatic heterocycles. The molecule has 0 spiro atoms. The van der Waals surface area contributed by atoms with E-state index in [1.807, 2.05) is 32.0 Å². The summed E-state index contributed by atoms with van der Waals surface area (Å²) in [4.78, 5) is 22.9. The molecule has 0 heterocycles. The molecule has 0 aliphatic heterocycles. The van der Waals surface area contributed by atoms with Crippen molar-refractivity contribution >= 4 is 29.3 Å². The van der Waals surface area contributed by atoms with Gasteiger partial charge in [0, 0.05) is 10.4 Å². The van der Waals surface area contributed by atoms with Crippen LogP contribution in [0.3, 0.4) is 0 Å². The highest BCUT2D eigenvalue weighted by Gasteiger charge is 2.33. The van der Waals surface area contributed by atoms with Crippen molar-refractivity contribution < 1.29 is 14.7 Å². The van der Waals surface area contributed by atoms with E-state index in [2.05, 4.69) is 5.32 Å². The maximum atomic E-state index is 12.0. The Kier molecular flexibility index (Phi) is 5.80. The molecule has 1 atom stereocenters. The molecule has 0 saturated carbocycles. The molecule has 0 saturated heterocycles. The topological polar surface area (TPSA) is 92.4 Å². The molecule has 0 bridgehead atoms. The predicted octanol–water partition coefficient (Wildman–Crippen LogP) is 2.17. The number of benzene rings is 1. The van der Waals surface area contributed by atoms with Crippen molar-refractivity contribution in [3.8, 4) is 0 Å². The van der Waals surface area contributed by atoms with E-state index in [9.17, 15) is 9.59 Å². The number of nitrogens with one attached hydrogen (secondary N) is 1. The average Bonchev–Trinajstić information content (AvgIpc) is 2.39. The SMILES string of the molecule is Cc1ccc(C)c(NC(=O)CSC(C)(C)[C@H](N)C(=O)O)c1. The third kappa shape index (κ3) is 5.06. The summed E-state index contributed by atoms with van der Waals surface area (Å²) in [6.45, 7) is 7.33. The van der Waals surface area contributed by atoms with E-state index in [0.717, 1.165) is 16.8 Å². The monoisotopic (exact) mass is 310 g/mol. The number of amides is 1. The van der Waals surface area contributed by atoms with Gasteiger partial charge < -0.3 is 16.2 Å². The Morgan fingerprint density at radius 3 is 2.57 bits per heavy atom. The number of hydrogen-bond acceptors (Lipinski definition) is 4. The molecule has 21 heavy (non-hydrogen) atoms. The summed E-state index contributed by atoms with van der Waals surface area (Å²) in [5, 5.41) is 11.8. The number of hydrogen-bond donors (Lipinski definition) is 3. The largest absolute Gasteiger partial charge is 0.480 e. The van der Waals surface area contributed by atoms with Gasteiger partial charge in [-0.05, 0) is 44.9 Å². The zero-order valence-electron chi connectivity index (χ0n) is 12.8. The number of aryl methyl sites for hydroxylation is 2. The highest BCUT2D eigenvalue weighted by atomic mass is 32.2. The van der Waals surface area contributed by atoms with Gasteiger partial charge in [-0.3, -0.25) is 9.59 Å². The maximum Gasteiger partial charge on any atom is 0.321 e. The fourth-order valence-corrected chi connectivity index (χ4v) is 2.55. The molecule has 0 radical (unpaired) electrons. The second kappa shape index (κ2) is 6.95. The minimum absolute atomic E-state index is 0.154. The van der Waals surface area contributed by atoms with Gasteiger partial charge >= 0.3 is 5.97 Å². The van der Waals surface area contributed by atoms with Crippen LogP contribution in [0.1, 0.15) is 25.0 Å². The zero-order chi connectivity index (χ0) is 16.2. The highest BCUT2D eigenvalue weighted by molar-refractivity contribution is 8.01. The molecule has 0 aliphatic carbocycles. The van der Waals surface area contributed by atoms with Crippen LogP contribution in [0.2, 0.25) is 0 Å². The summed E-state index contributed by atoms with van der Waals surface area (Å²) in [7, 11) is 0. The van der Waals surface area contributed by atoms with Gasteiger partial charge in [0.15, 0.2) is 0 Å². The molecule has 6 heteroatoms. The fraction of sp³-hybridized carbons (Fsp3) is 0.467. The van der Waals surface area contributed by atoms with Crippen LogP contribution >= 0.6 is 11.8 Å². The molecule has 1 rings (SSSR count). The lowest BCUT2D eigenvalue weighted by atomic mass is 10.1. The lowest BCUT2D eigenvalue weighted by Crippen LogP contribution is -2.47. The molecule has 1 aromatic rings. The van der Waals surface area contributed by atoms with Crippen molar-refractivity contribution in [2.24, 2.45) is 5.73 Å². The zero-order valence-corrected chi connectivity index (χ0v) is 13.6. The second-order valence-corrected chi connectivity index (χ2v) is 7.20. The van der Waals surface area contributed by atoms with E-state index in [1.54, 1.807) is 13.8 Å². The minimum Gasteiger partial charge on any atom is -0.480 e. The molecular formula is C15H22N2O3S. The van der Waals surface area contributed by atoms with Crippen LogP contribution in [0.4, 0.5) is 5.69 Å². The van der Waals surface area contributed by atoms with Gasteiger partial charge in [0.2, 0.25) is 5.91 Å². The Balaban J connectivity index is 2.62. The third-order valence-electron chi connectivity index (χ3n) is 3.26. The van der Waals surface area contributed by atoms with Gasteiger partial charge in [-0.15, -0.1) is 11.8 Å². The average molecular weight is 310 g/mol. The summed E-state index contributed by atoms with van der Waals surface area (Å²) in [6.07, 6.45) is 0. The normalized spacial score (nSPS) is 12.8. The van der Waals surface area contributed by atoms with Crippen molar-refractivity contribution in [1.29, 1.82) is 0 Å². The number of carbonyl (C=O) groups is 2. The summed E-state index contributed by atoms with van der Waals surface area (Å²) >= 11 is 1.23. The Bertz CT molecular complexity index is 544. The van der Waals surface area contributed by atoms with Crippen molar-refractivity contribution in [3.05, 3.63) is 29.3 Å². The molecule has 5 nitrogen and oxygen atoms in total. The molecule has 1 aromatic carbocycles. The summed E-state index contributed by atoms with van der Waals surface area (Å²) in [5.74, 6) is -1.08. The molecule has 0 fully saturated rings.